The number of rotatable bonds is 4. The molecule has 150 valence electrons. The molecule has 0 saturated carbocycles. The van der Waals surface area contributed by atoms with Gasteiger partial charge in [0.2, 0.25) is 0 Å². The topological polar surface area (TPSA) is 32.8 Å². The maximum absolute atomic E-state index is 12.8. The molecular formula is C20H20ClF3N2O2. The Morgan fingerprint density at radius 3 is 2.29 bits per heavy atom. The maximum Gasteiger partial charge on any atom is 0.416 e. The van der Waals surface area contributed by atoms with Crippen molar-refractivity contribution in [1.82, 2.24) is 9.80 Å². The van der Waals surface area contributed by atoms with Gasteiger partial charge < -0.3 is 9.64 Å². The lowest BCUT2D eigenvalue weighted by Gasteiger charge is -2.35. The second kappa shape index (κ2) is 8.41. The van der Waals surface area contributed by atoms with Crippen LogP contribution in [0.2, 0.25) is 5.02 Å². The Morgan fingerprint density at radius 2 is 1.71 bits per heavy atom. The fourth-order valence-corrected chi connectivity index (χ4v) is 3.36. The van der Waals surface area contributed by atoms with Crippen LogP contribution in [0.5, 0.6) is 5.75 Å². The minimum Gasteiger partial charge on any atom is -0.496 e. The number of methoxy groups -OCH3 is 1. The average Bonchev–Trinajstić information content (AvgIpc) is 2.68. The first-order valence-electron chi connectivity index (χ1n) is 8.79. The lowest BCUT2D eigenvalue weighted by Crippen LogP contribution is -2.48. The molecule has 1 aliphatic heterocycles. The minimum atomic E-state index is -4.33. The van der Waals surface area contributed by atoms with E-state index < -0.39 is 11.7 Å². The number of halogens is 4. The highest BCUT2D eigenvalue weighted by molar-refractivity contribution is 6.31. The fourth-order valence-electron chi connectivity index (χ4n) is 3.18. The van der Waals surface area contributed by atoms with Crippen molar-refractivity contribution >= 4 is 17.5 Å². The highest BCUT2D eigenvalue weighted by Gasteiger charge is 2.30. The molecule has 0 bridgehead atoms. The van der Waals surface area contributed by atoms with Gasteiger partial charge in [-0.25, -0.2) is 0 Å². The summed E-state index contributed by atoms with van der Waals surface area (Å²) in [5.74, 6) is 0.329. The summed E-state index contributed by atoms with van der Waals surface area (Å²) >= 11 is 6.00. The third-order valence-corrected chi connectivity index (χ3v) is 4.97. The smallest absolute Gasteiger partial charge is 0.416 e. The summed E-state index contributed by atoms with van der Waals surface area (Å²) in [6.45, 7) is 2.86. The van der Waals surface area contributed by atoms with Crippen molar-refractivity contribution in [2.24, 2.45) is 0 Å². The van der Waals surface area contributed by atoms with E-state index in [2.05, 4.69) is 4.90 Å². The van der Waals surface area contributed by atoms with Crippen LogP contribution in [0.15, 0.2) is 42.5 Å². The molecule has 1 saturated heterocycles. The Hall–Kier alpha value is -2.25. The van der Waals surface area contributed by atoms with E-state index in [4.69, 9.17) is 16.3 Å². The van der Waals surface area contributed by atoms with Crippen LogP contribution in [0.25, 0.3) is 0 Å². The van der Waals surface area contributed by atoms with Crippen LogP contribution in [-0.2, 0) is 12.7 Å². The zero-order chi connectivity index (χ0) is 20.3. The van der Waals surface area contributed by atoms with E-state index in [1.165, 1.54) is 19.2 Å². The van der Waals surface area contributed by atoms with Gasteiger partial charge in [0.25, 0.3) is 5.91 Å². The van der Waals surface area contributed by atoms with Gasteiger partial charge in [0.1, 0.15) is 5.75 Å². The Bertz CT molecular complexity index is 832. The minimum absolute atomic E-state index is 0.145. The van der Waals surface area contributed by atoms with Crippen LogP contribution in [0, 0.1) is 0 Å². The molecule has 1 fully saturated rings. The van der Waals surface area contributed by atoms with Crippen molar-refractivity contribution in [1.29, 1.82) is 0 Å². The standard InChI is InChI=1S/C20H20ClF3N2O2/c1-28-18-7-6-16(21)12-17(18)19(27)26-10-8-25(9-11-26)13-14-2-4-15(5-3-14)20(22,23)24/h2-7,12H,8-11,13H2,1H3. The predicted octanol–water partition coefficient (Wildman–Crippen LogP) is 4.33. The van der Waals surface area contributed by atoms with Crippen LogP contribution in [0.3, 0.4) is 0 Å². The molecule has 1 heterocycles. The van der Waals surface area contributed by atoms with Crippen LogP contribution in [0.4, 0.5) is 13.2 Å². The van der Waals surface area contributed by atoms with Gasteiger partial charge in [0, 0.05) is 37.7 Å². The molecule has 0 atom stereocenters. The van der Waals surface area contributed by atoms with E-state index in [1.54, 1.807) is 23.1 Å². The zero-order valence-corrected chi connectivity index (χ0v) is 16.1. The van der Waals surface area contributed by atoms with E-state index in [9.17, 15) is 18.0 Å². The first-order valence-corrected chi connectivity index (χ1v) is 9.17. The Labute approximate surface area is 166 Å². The predicted molar refractivity (Wildman–Crippen MR) is 101 cm³/mol. The van der Waals surface area contributed by atoms with Gasteiger partial charge in [-0.3, -0.25) is 9.69 Å². The summed E-state index contributed by atoms with van der Waals surface area (Å²) in [6, 6.07) is 10.1. The first-order chi connectivity index (χ1) is 13.3. The number of benzene rings is 2. The normalized spacial score (nSPS) is 15.5. The number of piperazine rings is 1. The lowest BCUT2D eigenvalue weighted by atomic mass is 10.1. The molecule has 3 rings (SSSR count). The maximum atomic E-state index is 12.8. The molecule has 8 heteroatoms. The van der Waals surface area contributed by atoms with E-state index in [0.717, 1.165) is 17.7 Å². The van der Waals surface area contributed by atoms with Crippen molar-refractivity contribution < 1.29 is 22.7 Å². The SMILES string of the molecule is COc1ccc(Cl)cc1C(=O)N1CCN(Cc2ccc(C(F)(F)F)cc2)CC1. The summed E-state index contributed by atoms with van der Waals surface area (Å²) in [5, 5.41) is 0.463. The molecule has 2 aromatic rings. The van der Waals surface area contributed by atoms with Gasteiger partial charge in [-0.1, -0.05) is 23.7 Å². The van der Waals surface area contributed by atoms with Gasteiger partial charge in [0.15, 0.2) is 0 Å². The highest BCUT2D eigenvalue weighted by atomic mass is 35.5. The first kappa shape index (κ1) is 20.5. The van der Waals surface area contributed by atoms with Crippen LogP contribution in [0.1, 0.15) is 21.5 Å². The molecule has 4 nitrogen and oxygen atoms in total. The van der Waals surface area contributed by atoms with Gasteiger partial charge in [-0.05, 0) is 35.9 Å². The molecule has 0 N–H and O–H groups in total. The van der Waals surface area contributed by atoms with Crippen molar-refractivity contribution in [2.75, 3.05) is 33.3 Å². The van der Waals surface area contributed by atoms with Gasteiger partial charge in [0.05, 0.1) is 18.2 Å². The Kier molecular flexibility index (Phi) is 6.15. The second-order valence-corrected chi connectivity index (χ2v) is 7.04. The van der Waals surface area contributed by atoms with Crippen LogP contribution in [-0.4, -0.2) is 49.0 Å². The quantitative estimate of drug-likeness (QED) is 0.749. The number of hydrogen-bond donors (Lipinski definition) is 0. The van der Waals surface area contributed by atoms with E-state index >= 15 is 0 Å². The van der Waals surface area contributed by atoms with Gasteiger partial charge in [-0.15, -0.1) is 0 Å². The molecule has 0 aliphatic carbocycles. The molecule has 0 unspecified atom stereocenters. The van der Waals surface area contributed by atoms with E-state index in [1.807, 2.05) is 0 Å². The van der Waals surface area contributed by atoms with Crippen molar-refractivity contribution in [3.8, 4) is 5.75 Å². The van der Waals surface area contributed by atoms with Crippen molar-refractivity contribution in [3.05, 3.63) is 64.2 Å². The summed E-state index contributed by atoms with van der Waals surface area (Å²) in [5.41, 5.74) is 0.581. The van der Waals surface area contributed by atoms with Crippen molar-refractivity contribution in [2.45, 2.75) is 12.7 Å². The molecule has 28 heavy (non-hydrogen) atoms. The number of carbonyl (C=O) groups is 1. The summed E-state index contributed by atoms with van der Waals surface area (Å²) in [7, 11) is 1.50. The molecule has 1 aliphatic rings. The summed E-state index contributed by atoms with van der Waals surface area (Å²) < 4.78 is 43.2. The third-order valence-electron chi connectivity index (χ3n) is 4.74. The second-order valence-electron chi connectivity index (χ2n) is 6.61. The molecule has 0 radical (unpaired) electrons. The van der Waals surface area contributed by atoms with Crippen LogP contribution < -0.4 is 4.74 Å². The zero-order valence-electron chi connectivity index (χ0n) is 15.3. The summed E-state index contributed by atoms with van der Waals surface area (Å²) in [6.07, 6.45) is -4.33. The van der Waals surface area contributed by atoms with Crippen LogP contribution >= 0.6 is 11.6 Å². The summed E-state index contributed by atoms with van der Waals surface area (Å²) in [4.78, 5) is 16.6. The number of alkyl halides is 3. The molecular weight excluding hydrogens is 393 g/mol. The van der Waals surface area contributed by atoms with Gasteiger partial charge in [-0.2, -0.15) is 13.2 Å². The highest BCUT2D eigenvalue weighted by Crippen LogP contribution is 2.29. The van der Waals surface area contributed by atoms with E-state index in [0.29, 0.717) is 49.1 Å². The fraction of sp³-hybridized carbons (Fsp3) is 0.350. The van der Waals surface area contributed by atoms with Crippen molar-refractivity contribution in [3.63, 3.8) is 0 Å². The Morgan fingerprint density at radius 1 is 1.07 bits per heavy atom. The van der Waals surface area contributed by atoms with Gasteiger partial charge >= 0.3 is 6.18 Å². The number of amides is 1. The number of hydrogen-bond acceptors (Lipinski definition) is 3. The third kappa shape index (κ3) is 4.77. The molecule has 2 aromatic carbocycles. The molecule has 1 amide bonds. The Balaban J connectivity index is 1.59. The van der Waals surface area contributed by atoms with E-state index in [-0.39, 0.29) is 5.91 Å². The lowest BCUT2D eigenvalue weighted by molar-refractivity contribution is -0.137. The number of ether oxygens (including phenoxy) is 1. The molecule has 0 aromatic heterocycles. The average molecular weight is 413 g/mol. The monoisotopic (exact) mass is 412 g/mol. The largest absolute Gasteiger partial charge is 0.496 e. The number of nitrogens with zero attached hydrogens (tertiary/aromatic N) is 2. The number of carbonyl (C=O) groups excluding carboxylic acids is 1. The molecule has 0 spiro atoms.